The molecule has 1 saturated carbocycles. The maximum absolute atomic E-state index is 12.0. The molecule has 3 aliphatic rings. The van der Waals surface area contributed by atoms with Crippen molar-refractivity contribution in [3.63, 3.8) is 0 Å². The van der Waals surface area contributed by atoms with Crippen molar-refractivity contribution in [1.29, 1.82) is 0 Å². The van der Waals surface area contributed by atoms with Crippen LogP contribution in [0.5, 0.6) is 0 Å². The number of carbonyl (C=O) groups excluding carboxylic acids is 1. The molecule has 3 fully saturated rings. The molecule has 114 valence electrons. The van der Waals surface area contributed by atoms with E-state index in [-0.39, 0.29) is 11.0 Å². The summed E-state index contributed by atoms with van der Waals surface area (Å²) in [5, 5.41) is 3.01. The van der Waals surface area contributed by atoms with Crippen molar-refractivity contribution in [3.05, 3.63) is 0 Å². The molecule has 0 bridgehead atoms. The van der Waals surface area contributed by atoms with Gasteiger partial charge in [-0.05, 0) is 66.0 Å². The van der Waals surface area contributed by atoms with E-state index in [1.165, 1.54) is 0 Å². The standard InChI is InChI=1S/C16H28N2O2/c1-15(2,3)20-13-10-12(11-13)18-8-5-16(6-9-18)4-7-17-14(16)19/h12-13H,4-11H2,1-3H3,(H,17,19). The average molecular weight is 280 g/mol. The number of nitrogens with zero attached hydrogens (tertiary/aromatic N) is 1. The fourth-order valence-electron chi connectivity index (χ4n) is 3.94. The van der Waals surface area contributed by atoms with Gasteiger partial charge in [0.05, 0.1) is 17.1 Å². The van der Waals surface area contributed by atoms with Crippen LogP contribution in [0.15, 0.2) is 0 Å². The molecular formula is C16H28N2O2. The molecule has 20 heavy (non-hydrogen) atoms. The summed E-state index contributed by atoms with van der Waals surface area (Å²) in [7, 11) is 0. The summed E-state index contributed by atoms with van der Waals surface area (Å²) in [6, 6.07) is 0.684. The summed E-state index contributed by atoms with van der Waals surface area (Å²) in [6.45, 7) is 9.43. The van der Waals surface area contributed by atoms with Gasteiger partial charge in [-0.3, -0.25) is 4.79 Å². The number of hydrogen-bond acceptors (Lipinski definition) is 3. The summed E-state index contributed by atoms with van der Waals surface area (Å²) in [5.74, 6) is 0.305. The molecular weight excluding hydrogens is 252 g/mol. The van der Waals surface area contributed by atoms with Crippen LogP contribution < -0.4 is 5.32 Å². The first-order chi connectivity index (χ1) is 9.38. The Kier molecular flexibility index (Phi) is 3.57. The molecule has 0 radical (unpaired) electrons. The van der Waals surface area contributed by atoms with Gasteiger partial charge in [0.1, 0.15) is 0 Å². The fraction of sp³-hybridized carbons (Fsp3) is 0.938. The molecule has 0 aromatic rings. The summed E-state index contributed by atoms with van der Waals surface area (Å²) < 4.78 is 6.01. The van der Waals surface area contributed by atoms with E-state index in [0.29, 0.717) is 18.1 Å². The van der Waals surface area contributed by atoms with Gasteiger partial charge in [-0.25, -0.2) is 0 Å². The predicted octanol–water partition coefficient (Wildman–Crippen LogP) is 1.93. The van der Waals surface area contributed by atoms with Crippen molar-refractivity contribution in [1.82, 2.24) is 10.2 Å². The molecule has 2 heterocycles. The van der Waals surface area contributed by atoms with E-state index in [4.69, 9.17) is 4.74 Å². The lowest BCUT2D eigenvalue weighted by atomic mass is 9.75. The van der Waals surface area contributed by atoms with E-state index in [2.05, 4.69) is 31.0 Å². The molecule has 1 amide bonds. The summed E-state index contributed by atoms with van der Waals surface area (Å²) in [6.07, 6.45) is 5.89. The van der Waals surface area contributed by atoms with Crippen molar-refractivity contribution in [3.8, 4) is 0 Å². The molecule has 1 N–H and O–H groups in total. The lowest BCUT2D eigenvalue weighted by Gasteiger charge is -2.48. The minimum Gasteiger partial charge on any atom is -0.373 e. The minimum absolute atomic E-state index is 0.0243. The second-order valence-corrected chi connectivity index (χ2v) is 7.80. The van der Waals surface area contributed by atoms with Gasteiger partial charge in [0, 0.05) is 12.6 Å². The minimum atomic E-state index is -0.0262. The Morgan fingerprint density at radius 3 is 2.35 bits per heavy atom. The van der Waals surface area contributed by atoms with Crippen LogP contribution >= 0.6 is 0 Å². The zero-order valence-electron chi connectivity index (χ0n) is 13.1. The van der Waals surface area contributed by atoms with Gasteiger partial charge < -0.3 is 15.0 Å². The number of hydrogen-bond donors (Lipinski definition) is 1. The van der Waals surface area contributed by atoms with Crippen LogP contribution in [-0.4, -0.2) is 48.2 Å². The highest BCUT2D eigenvalue weighted by molar-refractivity contribution is 5.84. The van der Waals surface area contributed by atoms with Crippen LogP contribution in [-0.2, 0) is 9.53 Å². The summed E-state index contributed by atoms with van der Waals surface area (Å²) >= 11 is 0. The number of amides is 1. The van der Waals surface area contributed by atoms with Gasteiger partial charge in [-0.15, -0.1) is 0 Å². The third kappa shape index (κ3) is 2.73. The lowest BCUT2D eigenvalue weighted by Crippen LogP contribution is -2.54. The summed E-state index contributed by atoms with van der Waals surface area (Å²) in [4.78, 5) is 14.6. The fourth-order valence-corrected chi connectivity index (χ4v) is 3.94. The van der Waals surface area contributed by atoms with Crippen molar-refractivity contribution in [2.45, 2.75) is 70.6 Å². The average Bonchev–Trinajstić information content (AvgIpc) is 2.66. The van der Waals surface area contributed by atoms with Crippen LogP contribution in [0.2, 0.25) is 0 Å². The molecule has 3 rings (SSSR count). The second-order valence-electron chi connectivity index (χ2n) is 7.80. The molecule has 4 nitrogen and oxygen atoms in total. The van der Waals surface area contributed by atoms with E-state index in [1.54, 1.807) is 0 Å². The Morgan fingerprint density at radius 1 is 1.20 bits per heavy atom. The first-order valence-corrected chi connectivity index (χ1v) is 8.08. The van der Waals surface area contributed by atoms with Crippen LogP contribution in [0.1, 0.15) is 52.9 Å². The van der Waals surface area contributed by atoms with Gasteiger partial charge >= 0.3 is 0 Å². The first-order valence-electron chi connectivity index (χ1n) is 8.08. The third-order valence-electron chi connectivity index (χ3n) is 5.23. The van der Waals surface area contributed by atoms with Gasteiger partial charge in [-0.2, -0.15) is 0 Å². The van der Waals surface area contributed by atoms with E-state index >= 15 is 0 Å². The van der Waals surface area contributed by atoms with E-state index < -0.39 is 0 Å². The second kappa shape index (κ2) is 4.99. The Balaban J connectivity index is 1.45. The maximum Gasteiger partial charge on any atom is 0.226 e. The van der Waals surface area contributed by atoms with Crippen LogP contribution in [0.4, 0.5) is 0 Å². The van der Waals surface area contributed by atoms with Gasteiger partial charge in [-0.1, -0.05) is 0 Å². The Labute approximate surface area is 122 Å². The molecule has 2 saturated heterocycles. The molecule has 1 spiro atoms. The molecule has 0 aromatic heterocycles. The third-order valence-corrected chi connectivity index (χ3v) is 5.23. The lowest BCUT2D eigenvalue weighted by molar-refractivity contribution is -0.136. The highest BCUT2D eigenvalue weighted by atomic mass is 16.5. The van der Waals surface area contributed by atoms with E-state index in [1.807, 2.05) is 0 Å². The summed E-state index contributed by atoms with van der Waals surface area (Å²) in [5.41, 5.74) is -0.0505. The predicted molar refractivity (Wildman–Crippen MR) is 78.5 cm³/mol. The smallest absolute Gasteiger partial charge is 0.226 e. The quantitative estimate of drug-likeness (QED) is 0.840. The number of rotatable bonds is 2. The zero-order chi connectivity index (χ0) is 14.4. The van der Waals surface area contributed by atoms with Crippen LogP contribution in [0.3, 0.4) is 0 Å². The van der Waals surface area contributed by atoms with Crippen molar-refractivity contribution in [2.24, 2.45) is 5.41 Å². The van der Waals surface area contributed by atoms with Gasteiger partial charge in [0.25, 0.3) is 0 Å². The van der Waals surface area contributed by atoms with Crippen molar-refractivity contribution < 1.29 is 9.53 Å². The molecule has 0 atom stereocenters. The molecule has 2 aliphatic heterocycles. The van der Waals surface area contributed by atoms with Crippen molar-refractivity contribution in [2.75, 3.05) is 19.6 Å². The number of piperidine rings is 1. The SMILES string of the molecule is CC(C)(C)OC1CC(N2CCC3(CCNC3=O)CC2)C1. The number of carbonyl (C=O) groups is 1. The van der Waals surface area contributed by atoms with Gasteiger partial charge in [0.2, 0.25) is 5.91 Å². The number of nitrogens with one attached hydrogen (secondary N) is 1. The largest absolute Gasteiger partial charge is 0.373 e. The molecule has 4 heteroatoms. The molecule has 0 aromatic carbocycles. The normalized spacial score (nSPS) is 34.0. The van der Waals surface area contributed by atoms with Crippen LogP contribution in [0, 0.1) is 5.41 Å². The zero-order valence-corrected chi connectivity index (χ0v) is 13.1. The molecule has 0 unspecified atom stereocenters. The van der Waals surface area contributed by atoms with Crippen LogP contribution in [0.25, 0.3) is 0 Å². The maximum atomic E-state index is 12.0. The first kappa shape index (κ1) is 14.3. The highest BCUT2D eigenvalue weighted by Crippen LogP contribution is 2.41. The monoisotopic (exact) mass is 280 g/mol. The number of likely N-dealkylation sites (tertiary alicyclic amines) is 1. The van der Waals surface area contributed by atoms with Gasteiger partial charge in [0.15, 0.2) is 0 Å². The Hall–Kier alpha value is -0.610. The van der Waals surface area contributed by atoms with E-state index in [9.17, 15) is 4.79 Å². The Morgan fingerprint density at radius 2 is 1.85 bits per heavy atom. The number of ether oxygens (including phenoxy) is 1. The topological polar surface area (TPSA) is 41.6 Å². The molecule has 1 aliphatic carbocycles. The highest BCUT2D eigenvalue weighted by Gasteiger charge is 2.46. The Bertz CT molecular complexity index is 374. The van der Waals surface area contributed by atoms with E-state index in [0.717, 1.165) is 51.7 Å². The van der Waals surface area contributed by atoms with Crippen molar-refractivity contribution >= 4 is 5.91 Å².